The molecule has 92 valence electrons. The van der Waals surface area contributed by atoms with Gasteiger partial charge in [-0.1, -0.05) is 66.8 Å². The third kappa shape index (κ3) is 3.22. The molecule has 0 spiro atoms. The van der Waals surface area contributed by atoms with E-state index in [0.29, 0.717) is 0 Å². The van der Waals surface area contributed by atoms with Gasteiger partial charge < -0.3 is 0 Å². The summed E-state index contributed by atoms with van der Waals surface area (Å²) in [5.74, 6) is 0. The number of allylic oxidation sites excluding steroid dienone is 1. The van der Waals surface area contributed by atoms with Crippen molar-refractivity contribution in [3.63, 3.8) is 0 Å². The summed E-state index contributed by atoms with van der Waals surface area (Å²) in [7, 11) is 0. The molecule has 0 N–H and O–H groups in total. The van der Waals surface area contributed by atoms with Crippen LogP contribution in [0.25, 0.3) is 6.08 Å². The van der Waals surface area contributed by atoms with Crippen molar-refractivity contribution in [3.8, 4) is 0 Å². The van der Waals surface area contributed by atoms with Gasteiger partial charge in [0, 0.05) is 4.47 Å². The molecule has 17 heavy (non-hydrogen) atoms. The second-order valence-electron chi connectivity index (χ2n) is 4.87. The minimum absolute atomic E-state index is 1.12. The summed E-state index contributed by atoms with van der Waals surface area (Å²) in [6.45, 7) is 2.27. The maximum Gasteiger partial charge on any atom is 0.0213 e. The highest BCUT2D eigenvalue weighted by atomic mass is 79.9. The number of fused-ring (bicyclic) bond motifs is 1. The predicted octanol–water partition coefficient (Wildman–Crippen LogP) is 5.53. The van der Waals surface area contributed by atoms with E-state index in [4.69, 9.17) is 0 Å². The molecule has 0 radical (unpaired) electrons. The van der Waals surface area contributed by atoms with Crippen LogP contribution in [0.15, 0.2) is 22.7 Å². The zero-order valence-corrected chi connectivity index (χ0v) is 12.2. The minimum atomic E-state index is 1.12. The van der Waals surface area contributed by atoms with Gasteiger partial charge in [-0.3, -0.25) is 0 Å². The van der Waals surface area contributed by atoms with Crippen molar-refractivity contribution < 1.29 is 0 Å². The Balaban J connectivity index is 1.96. The van der Waals surface area contributed by atoms with Crippen molar-refractivity contribution in [1.82, 2.24) is 0 Å². The molecule has 0 unspecified atom stereocenters. The van der Waals surface area contributed by atoms with E-state index >= 15 is 0 Å². The molecule has 2 rings (SSSR count). The third-order valence-electron chi connectivity index (χ3n) is 3.54. The number of benzene rings is 1. The maximum atomic E-state index is 3.70. The zero-order valence-electron chi connectivity index (χ0n) is 10.6. The molecular weight excluding hydrogens is 272 g/mol. The highest BCUT2D eigenvalue weighted by molar-refractivity contribution is 9.10. The van der Waals surface area contributed by atoms with Crippen LogP contribution in [-0.2, 0) is 12.8 Å². The average Bonchev–Trinajstić information content (AvgIpc) is 2.79. The normalized spacial score (nSPS) is 13.1. The Morgan fingerprint density at radius 2 is 1.94 bits per heavy atom. The van der Waals surface area contributed by atoms with E-state index < -0.39 is 0 Å². The van der Waals surface area contributed by atoms with E-state index in [1.165, 1.54) is 59.7 Å². The van der Waals surface area contributed by atoms with E-state index in [1.54, 1.807) is 0 Å². The first kappa shape index (κ1) is 12.9. The van der Waals surface area contributed by atoms with Crippen LogP contribution in [0.5, 0.6) is 0 Å². The molecule has 0 nitrogen and oxygen atoms in total. The second-order valence-corrected chi connectivity index (χ2v) is 5.72. The van der Waals surface area contributed by atoms with Crippen molar-refractivity contribution in [2.45, 2.75) is 51.9 Å². The number of rotatable bonds is 6. The van der Waals surface area contributed by atoms with Crippen LogP contribution in [0.4, 0.5) is 0 Å². The molecule has 0 aliphatic heterocycles. The molecule has 0 aromatic heterocycles. The first-order valence-electron chi connectivity index (χ1n) is 6.79. The predicted molar refractivity (Wildman–Crippen MR) is 79.3 cm³/mol. The van der Waals surface area contributed by atoms with Gasteiger partial charge in [-0.05, 0) is 42.0 Å². The summed E-state index contributed by atoms with van der Waals surface area (Å²) in [6.07, 6.45) is 13.7. The van der Waals surface area contributed by atoms with E-state index in [-0.39, 0.29) is 0 Å². The molecular formula is C16H21Br. The molecule has 0 fully saturated rings. The summed E-state index contributed by atoms with van der Waals surface area (Å²) < 4.78 is 1.29. The lowest BCUT2D eigenvalue weighted by Crippen LogP contribution is -1.94. The molecule has 1 aromatic carbocycles. The van der Waals surface area contributed by atoms with Gasteiger partial charge in [-0.25, -0.2) is 0 Å². The van der Waals surface area contributed by atoms with Crippen molar-refractivity contribution in [1.29, 1.82) is 0 Å². The molecule has 0 amide bonds. The summed E-state index contributed by atoms with van der Waals surface area (Å²) >= 11 is 3.70. The summed E-state index contributed by atoms with van der Waals surface area (Å²) in [4.78, 5) is 0. The monoisotopic (exact) mass is 292 g/mol. The largest absolute Gasteiger partial charge is 0.0795 e. The van der Waals surface area contributed by atoms with Crippen molar-refractivity contribution in [2.24, 2.45) is 0 Å². The minimum Gasteiger partial charge on any atom is -0.0795 e. The lowest BCUT2D eigenvalue weighted by molar-refractivity contribution is 0.631. The number of hydrogen-bond donors (Lipinski definition) is 0. The van der Waals surface area contributed by atoms with Crippen LogP contribution in [0.1, 0.15) is 55.7 Å². The summed E-state index contributed by atoms with van der Waals surface area (Å²) in [6, 6.07) is 4.47. The lowest BCUT2D eigenvalue weighted by Gasteiger charge is -2.10. The number of halogens is 1. The van der Waals surface area contributed by atoms with Crippen LogP contribution >= 0.6 is 15.9 Å². The van der Waals surface area contributed by atoms with Crippen molar-refractivity contribution in [3.05, 3.63) is 39.4 Å². The Morgan fingerprint density at radius 3 is 2.76 bits per heavy atom. The van der Waals surface area contributed by atoms with Crippen LogP contribution in [0.3, 0.4) is 0 Å². The number of unbranched alkanes of at least 4 members (excludes halogenated alkanes) is 4. The van der Waals surface area contributed by atoms with Crippen LogP contribution in [0, 0.1) is 0 Å². The van der Waals surface area contributed by atoms with Gasteiger partial charge in [-0.15, -0.1) is 0 Å². The molecule has 0 saturated heterocycles. The molecule has 1 heteroatoms. The van der Waals surface area contributed by atoms with Gasteiger partial charge in [0.25, 0.3) is 0 Å². The van der Waals surface area contributed by atoms with Gasteiger partial charge in [0.2, 0.25) is 0 Å². The lowest BCUT2D eigenvalue weighted by atomic mass is 9.98. The smallest absolute Gasteiger partial charge is 0.0213 e. The van der Waals surface area contributed by atoms with Crippen molar-refractivity contribution in [2.75, 3.05) is 0 Å². The molecule has 0 heterocycles. The molecule has 0 atom stereocenters. The first-order valence-corrected chi connectivity index (χ1v) is 7.59. The topological polar surface area (TPSA) is 0 Å². The van der Waals surface area contributed by atoms with Crippen LogP contribution < -0.4 is 0 Å². The fourth-order valence-electron chi connectivity index (χ4n) is 2.54. The van der Waals surface area contributed by atoms with Crippen LogP contribution in [0.2, 0.25) is 0 Å². The van der Waals surface area contributed by atoms with Crippen molar-refractivity contribution >= 4 is 22.0 Å². The highest BCUT2D eigenvalue weighted by Gasteiger charge is 2.12. The van der Waals surface area contributed by atoms with Gasteiger partial charge in [0.1, 0.15) is 0 Å². The average molecular weight is 293 g/mol. The molecule has 1 aliphatic rings. The molecule has 0 bridgehead atoms. The van der Waals surface area contributed by atoms with E-state index in [2.05, 4.69) is 47.1 Å². The van der Waals surface area contributed by atoms with Gasteiger partial charge >= 0.3 is 0 Å². The van der Waals surface area contributed by atoms with Gasteiger partial charge in [0.15, 0.2) is 0 Å². The zero-order chi connectivity index (χ0) is 12.1. The standard InChI is InChI=1S/C16H21Br/c1-2-3-4-5-6-9-15-14-10-7-8-13(14)11-12-16(15)17/h7,10-12H,2-6,8-9H2,1H3. The fraction of sp³-hybridized carbons (Fsp3) is 0.500. The van der Waals surface area contributed by atoms with Gasteiger partial charge in [0.05, 0.1) is 0 Å². The molecule has 1 aromatic rings. The van der Waals surface area contributed by atoms with E-state index in [0.717, 1.165) is 6.42 Å². The number of hydrogen-bond acceptors (Lipinski definition) is 0. The Kier molecular flexibility index (Phi) is 4.85. The van der Waals surface area contributed by atoms with E-state index in [9.17, 15) is 0 Å². The quantitative estimate of drug-likeness (QED) is 0.605. The second kappa shape index (κ2) is 6.39. The summed E-state index contributed by atoms with van der Waals surface area (Å²) in [5, 5.41) is 0. The first-order chi connectivity index (χ1) is 8.33. The van der Waals surface area contributed by atoms with Gasteiger partial charge in [-0.2, -0.15) is 0 Å². The third-order valence-corrected chi connectivity index (χ3v) is 4.29. The Labute approximate surface area is 113 Å². The Morgan fingerprint density at radius 1 is 1.12 bits per heavy atom. The SMILES string of the molecule is CCCCCCCc1c(Br)ccc2c1C=CC2. The Hall–Kier alpha value is -0.560. The maximum absolute atomic E-state index is 3.70. The molecule has 0 saturated carbocycles. The van der Waals surface area contributed by atoms with Crippen LogP contribution in [-0.4, -0.2) is 0 Å². The Bertz CT molecular complexity index is 404. The fourth-order valence-corrected chi connectivity index (χ4v) is 3.08. The molecule has 1 aliphatic carbocycles. The van der Waals surface area contributed by atoms with E-state index in [1.807, 2.05) is 0 Å². The highest BCUT2D eigenvalue weighted by Crippen LogP contribution is 2.30. The summed E-state index contributed by atoms with van der Waals surface area (Å²) in [5.41, 5.74) is 4.50.